The lowest BCUT2D eigenvalue weighted by Gasteiger charge is -2.26. The van der Waals surface area contributed by atoms with Crippen LogP contribution in [0, 0.1) is 5.92 Å². The van der Waals surface area contributed by atoms with Gasteiger partial charge in [-0.2, -0.15) is 0 Å². The highest BCUT2D eigenvalue weighted by Crippen LogP contribution is 2.12. The van der Waals surface area contributed by atoms with E-state index in [1.165, 1.54) is 25.0 Å². The molecule has 18 heavy (non-hydrogen) atoms. The minimum absolute atomic E-state index is 0.758. The van der Waals surface area contributed by atoms with Crippen molar-refractivity contribution < 1.29 is 0 Å². The number of rotatable bonds is 10. The van der Waals surface area contributed by atoms with Gasteiger partial charge in [0, 0.05) is 18.8 Å². The third-order valence-corrected chi connectivity index (χ3v) is 2.87. The van der Waals surface area contributed by atoms with Crippen LogP contribution in [-0.4, -0.2) is 18.0 Å². The summed E-state index contributed by atoms with van der Waals surface area (Å²) in [4.78, 5) is 2.48. The second kappa shape index (κ2) is 11.1. The van der Waals surface area contributed by atoms with E-state index >= 15 is 0 Å². The van der Waals surface area contributed by atoms with Gasteiger partial charge in [-0.25, -0.2) is 0 Å². The molecule has 0 radical (unpaired) electrons. The smallest absolute Gasteiger partial charge is 0.0362 e. The summed E-state index contributed by atoms with van der Waals surface area (Å²) in [6.07, 6.45) is 13.3. The predicted molar refractivity (Wildman–Crippen MR) is 83.6 cm³/mol. The van der Waals surface area contributed by atoms with E-state index in [1.54, 1.807) is 0 Å². The largest absolute Gasteiger partial charge is 0.372 e. The van der Waals surface area contributed by atoms with Gasteiger partial charge in [-0.05, 0) is 37.3 Å². The summed E-state index contributed by atoms with van der Waals surface area (Å²) < 4.78 is 0. The fourth-order valence-corrected chi connectivity index (χ4v) is 1.81. The fourth-order valence-electron chi connectivity index (χ4n) is 1.81. The van der Waals surface area contributed by atoms with E-state index in [2.05, 4.69) is 57.4 Å². The topological polar surface area (TPSA) is 3.24 Å². The Morgan fingerprint density at radius 2 is 1.89 bits per heavy atom. The van der Waals surface area contributed by atoms with Gasteiger partial charge in [0.2, 0.25) is 0 Å². The normalized spacial score (nSPS) is 12.4. The van der Waals surface area contributed by atoms with Gasteiger partial charge in [0.25, 0.3) is 0 Å². The van der Waals surface area contributed by atoms with Crippen LogP contribution >= 0.6 is 0 Å². The van der Waals surface area contributed by atoms with E-state index in [4.69, 9.17) is 0 Å². The third-order valence-electron chi connectivity index (χ3n) is 2.87. The molecule has 0 saturated carbocycles. The Kier molecular flexibility index (Phi) is 10.5. The van der Waals surface area contributed by atoms with Crippen molar-refractivity contribution in [2.24, 2.45) is 5.92 Å². The standard InChI is InChI=1S/C17H31N/c1-6-9-10-12-17(11-7-2)18(14-8-3)15-13-16(4)5/h7,10-12,16H,2,6,8-9,13-15H2,1,3-5H3/b12-10-,17-11+. The zero-order chi connectivity index (χ0) is 13.8. The molecule has 0 spiro atoms. The molecule has 0 amide bonds. The van der Waals surface area contributed by atoms with Gasteiger partial charge in [0.15, 0.2) is 0 Å². The number of allylic oxidation sites excluding steroid dienone is 4. The van der Waals surface area contributed by atoms with Crippen molar-refractivity contribution >= 4 is 0 Å². The lowest BCUT2D eigenvalue weighted by molar-refractivity contribution is 0.328. The summed E-state index contributed by atoms with van der Waals surface area (Å²) >= 11 is 0. The van der Waals surface area contributed by atoms with Gasteiger partial charge in [0.1, 0.15) is 0 Å². The number of hydrogen-bond donors (Lipinski definition) is 0. The molecule has 0 unspecified atom stereocenters. The van der Waals surface area contributed by atoms with Crippen molar-refractivity contribution in [3.8, 4) is 0 Å². The van der Waals surface area contributed by atoms with E-state index in [1.807, 2.05) is 6.08 Å². The highest BCUT2D eigenvalue weighted by molar-refractivity contribution is 5.22. The molecule has 0 atom stereocenters. The van der Waals surface area contributed by atoms with Gasteiger partial charge >= 0.3 is 0 Å². The summed E-state index contributed by atoms with van der Waals surface area (Å²) in [5.41, 5.74) is 1.31. The summed E-state index contributed by atoms with van der Waals surface area (Å²) in [5, 5.41) is 0. The minimum Gasteiger partial charge on any atom is -0.372 e. The Bertz CT molecular complexity index is 261. The average Bonchev–Trinajstić information content (AvgIpc) is 2.33. The highest BCUT2D eigenvalue weighted by Gasteiger charge is 2.06. The first-order valence-electron chi connectivity index (χ1n) is 7.39. The van der Waals surface area contributed by atoms with Crippen LogP contribution in [0.3, 0.4) is 0 Å². The van der Waals surface area contributed by atoms with E-state index in [-0.39, 0.29) is 0 Å². The van der Waals surface area contributed by atoms with Crippen molar-refractivity contribution in [2.45, 2.75) is 53.4 Å². The number of hydrogen-bond acceptors (Lipinski definition) is 1. The van der Waals surface area contributed by atoms with E-state index in [9.17, 15) is 0 Å². The first-order chi connectivity index (χ1) is 8.65. The molecule has 0 bridgehead atoms. The van der Waals surface area contributed by atoms with Crippen molar-refractivity contribution in [1.29, 1.82) is 0 Å². The molecule has 0 aromatic heterocycles. The third kappa shape index (κ3) is 8.16. The van der Waals surface area contributed by atoms with Gasteiger partial charge in [-0.15, -0.1) is 0 Å². The van der Waals surface area contributed by atoms with Gasteiger partial charge in [-0.3, -0.25) is 0 Å². The molecule has 0 aromatic carbocycles. The molecule has 0 heterocycles. The van der Waals surface area contributed by atoms with Crippen LogP contribution in [0.5, 0.6) is 0 Å². The average molecular weight is 249 g/mol. The Balaban J connectivity index is 4.64. The molecular formula is C17H31N. The molecule has 0 saturated heterocycles. The molecule has 0 aliphatic carbocycles. The number of unbranched alkanes of at least 4 members (excludes halogenated alkanes) is 1. The molecule has 0 fully saturated rings. The Hall–Kier alpha value is -0.980. The Morgan fingerprint density at radius 3 is 2.39 bits per heavy atom. The van der Waals surface area contributed by atoms with Crippen LogP contribution in [0.4, 0.5) is 0 Å². The zero-order valence-corrected chi connectivity index (χ0v) is 12.8. The van der Waals surface area contributed by atoms with E-state index in [0.29, 0.717) is 0 Å². The van der Waals surface area contributed by atoms with Crippen LogP contribution in [0.1, 0.15) is 53.4 Å². The number of nitrogens with zero attached hydrogens (tertiary/aromatic N) is 1. The summed E-state index contributed by atoms with van der Waals surface area (Å²) in [7, 11) is 0. The maximum absolute atomic E-state index is 3.83. The maximum atomic E-state index is 3.83. The Labute approximate surface area is 114 Å². The second-order valence-electron chi connectivity index (χ2n) is 5.19. The predicted octanol–water partition coefficient (Wildman–Crippen LogP) is 5.17. The Morgan fingerprint density at radius 1 is 1.17 bits per heavy atom. The van der Waals surface area contributed by atoms with Crippen LogP contribution in [-0.2, 0) is 0 Å². The van der Waals surface area contributed by atoms with Crippen molar-refractivity contribution in [3.05, 3.63) is 36.6 Å². The molecule has 1 nitrogen and oxygen atoms in total. The first kappa shape index (κ1) is 17.0. The fraction of sp³-hybridized carbons (Fsp3) is 0.647. The van der Waals surface area contributed by atoms with Crippen molar-refractivity contribution in [3.63, 3.8) is 0 Å². The minimum atomic E-state index is 0.758. The van der Waals surface area contributed by atoms with Crippen LogP contribution in [0.25, 0.3) is 0 Å². The van der Waals surface area contributed by atoms with Crippen LogP contribution < -0.4 is 0 Å². The van der Waals surface area contributed by atoms with Crippen molar-refractivity contribution in [1.82, 2.24) is 4.90 Å². The monoisotopic (exact) mass is 249 g/mol. The molecule has 0 aliphatic heterocycles. The maximum Gasteiger partial charge on any atom is 0.0362 e. The summed E-state index contributed by atoms with van der Waals surface area (Å²) in [6.45, 7) is 15.1. The van der Waals surface area contributed by atoms with Crippen LogP contribution in [0.2, 0.25) is 0 Å². The molecule has 1 heteroatoms. The molecule has 0 N–H and O–H groups in total. The van der Waals surface area contributed by atoms with Crippen LogP contribution in [0.15, 0.2) is 36.6 Å². The highest BCUT2D eigenvalue weighted by atomic mass is 15.1. The molecule has 0 rings (SSSR count). The molecule has 0 aliphatic rings. The second-order valence-corrected chi connectivity index (χ2v) is 5.19. The molecule has 0 aromatic rings. The summed E-state index contributed by atoms with van der Waals surface area (Å²) in [6, 6.07) is 0. The van der Waals surface area contributed by atoms with Gasteiger partial charge in [-0.1, -0.05) is 52.8 Å². The zero-order valence-electron chi connectivity index (χ0n) is 12.8. The summed E-state index contributed by atoms with van der Waals surface area (Å²) in [5.74, 6) is 0.758. The van der Waals surface area contributed by atoms with Gasteiger partial charge in [0.05, 0.1) is 0 Å². The van der Waals surface area contributed by atoms with E-state index < -0.39 is 0 Å². The first-order valence-corrected chi connectivity index (χ1v) is 7.39. The van der Waals surface area contributed by atoms with Gasteiger partial charge < -0.3 is 4.90 Å². The van der Waals surface area contributed by atoms with Crippen molar-refractivity contribution in [2.75, 3.05) is 13.1 Å². The SMILES string of the molecule is C=C/C=C(\C=C/CCC)N(CCC)CCC(C)C. The lowest BCUT2D eigenvalue weighted by atomic mass is 10.1. The molecule has 104 valence electrons. The van der Waals surface area contributed by atoms with E-state index in [0.717, 1.165) is 25.4 Å². The lowest BCUT2D eigenvalue weighted by Crippen LogP contribution is -2.25. The quantitative estimate of drug-likeness (QED) is 0.483. The molecular weight excluding hydrogens is 218 g/mol.